The summed E-state index contributed by atoms with van der Waals surface area (Å²) in [4.78, 5) is 2.27. The number of hydrogen-bond acceptors (Lipinski definition) is 6. The molecule has 1 aliphatic rings. The van der Waals surface area contributed by atoms with Crippen LogP contribution in [0.15, 0.2) is 24.3 Å². The van der Waals surface area contributed by atoms with E-state index in [1.165, 1.54) is 0 Å². The van der Waals surface area contributed by atoms with E-state index in [0.29, 0.717) is 23.8 Å². The van der Waals surface area contributed by atoms with Crippen molar-refractivity contribution in [3.63, 3.8) is 0 Å². The fraction of sp³-hybridized carbons (Fsp3) is 0.450. The van der Waals surface area contributed by atoms with E-state index in [2.05, 4.69) is 25.5 Å². The number of nitrogens with one attached hydrogen (secondary N) is 1. The van der Waals surface area contributed by atoms with Crippen LogP contribution >= 0.6 is 0 Å². The molecule has 3 heterocycles. The molecule has 1 saturated heterocycles. The van der Waals surface area contributed by atoms with E-state index in [1.54, 1.807) is 14.0 Å². The molecule has 0 radical (unpaired) electrons. The number of benzene rings is 1. The van der Waals surface area contributed by atoms with Gasteiger partial charge >= 0.3 is 6.18 Å². The van der Waals surface area contributed by atoms with Gasteiger partial charge in [-0.2, -0.15) is 17.7 Å². The summed E-state index contributed by atoms with van der Waals surface area (Å²) in [5.41, 5.74) is 2.56. The molecule has 7 nitrogen and oxygen atoms in total. The highest BCUT2D eigenvalue weighted by Crippen LogP contribution is 2.33. The summed E-state index contributed by atoms with van der Waals surface area (Å²) in [6.07, 6.45) is -3.65. The second kappa shape index (κ2) is 7.66. The zero-order valence-electron chi connectivity index (χ0n) is 17.0. The summed E-state index contributed by atoms with van der Waals surface area (Å²) in [6, 6.07) is 7.88. The first-order valence-electron chi connectivity index (χ1n) is 9.71. The van der Waals surface area contributed by atoms with Crippen molar-refractivity contribution in [3.8, 4) is 5.75 Å². The lowest BCUT2D eigenvalue weighted by atomic mass is 10.1. The Morgan fingerprint density at radius 2 is 1.93 bits per heavy atom. The van der Waals surface area contributed by atoms with Gasteiger partial charge in [0, 0.05) is 25.2 Å². The molecule has 1 N–H and O–H groups in total. The lowest BCUT2D eigenvalue weighted by Gasteiger charge is -2.21. The van der Waals surface area contributed by atoms with E-state index in [9.17, 15) is 13.2 Å². The predicted molar refractivity (Wildman–Crippen MR) is 107 cm³/mol. The Morgan fingerprint density at radius 3 is 2.67 bits per heavy atom. The highest BCUT2D eigenvalue weighted by atomic mass is 19.4. The second-order valence-electron chi connectivity index (χ2n) is 7.51. The number of nitrogens with zero attached hydrogens (tertiary/aromatic N) is 5. The Kier molecular flexibility index (Phi) is 5.17. The van der Waals surface area contributed by atoms with E-state index in [-0.39, 0.29) is 5.65 Å². The molecule has 0 saturated carbocycles. The Morgan fingerprint density at radius 1 is 1.17 bits per heavy atom. The van der Waals surface area contributed by atoms with Crippen LogP contribution in [0.4, 0.5) is 24.7 Å². The number of para-hydroxylation sites is 2. The minimum Gasteiger partial charge on any atom is -0.495 e. The zero-order chi connectivity index (χ0) is 21.5. The van der Waals surface area contributed by atoms with Crippen LogP contribution in [0.25, 0.3) is 5.65 Å². The highest BCUT2D eigenvalue weighted by Gasteiger charge is 2.38. The molecule has 2 aromatic heterocycles. The van der Waals surface area contributed by atoms with Crippen LogP contribution in [0.3, 0.4) is 0 Å². The van der Waals surface area contributed by atoms with E-state index in [0.717, 1.165) is 41.0 Å². The summed E-state index contributed by atoms with van der Waals surface area (Å²) in [6.45, 7) is 5.87. The summed E-state index contributed by atoms with van der Waals surface area (Å²) >= 11 is 0. The van der Waals surface area contributed by atoms with Crippen molar-refractivity contribution in [2.75, 3.05) is 37.0 Å². The minimum atomic E-state index is -4.62. The first-order valence-corrected chi connectivity index (χ1v) is 9.71. The van der Waals surface area contributed by atoms with Crippen LogP contribution in [-0.2, 0) is 6.18 Å². The Labute approximate surface area is 171 Å². The predicted octanol–water partition coefficient (Wildman–Crippen LogP) is 3.71. The molecule has 4 rings (SSSR count). The molecule has 0 spiro atoms. The number of rotatable bonds is 5. The van der Waals surface area contributed by atoms with Crippen LogP contribution in [0.1, 0.15) is 23.4 Å². The van der Waals surface area contributed by atoms with Crippen molar-refractivity contribution in [1.29, 1.82) is 0 Å². The largest absolute Gasteiger partial charge is 0.495 e. The van der Waals surface area contributed by atoms with Crippen molar-refractivity contribution < 1.29 is 17.9 Å². The summed E-state index contributed by atoms with van der Waals surface area (Å²) < 4.78 is 45.9. The van der Waals surface area contributed by atoms with Gasteiger partial charge in [0.05, 0.1) is 12.8 Å². The van der Waals surface area contributed by atoms with Crippen molar-refractivity contribution >= 4 is 17.2 Å². The summed E-state index contributed by atoms with van der Waals surface area (Å²) in [5.74, 6) is 0.458. The van der Waals surface area contributed by atoms with Gasteiger partial charge in [-0.1, -0.05) is 12.1 Å². The quantitative estimate of drug-likeness (QED) is 0.679. The Hall–Kier alpha value is -3.04. The topological polar surface area (TPSA) is 67.6 Å². The van der Waals surface area contributed by atoms with E-state index in [1.807, 2.05) is 31.2 Å². The molecule has 3 aromatic rings. The molecule has 1 unspecified atom stereocenters. The van der Waals surface area contributed by atoms with E-state index in [4.69, 9.17) is 4.74 Å². The molecule has 1 aromatic carbocycles. The number of methoxy groups -OCH3 is 1. The smallest absolute Gasteiger partial charge is 0.453 e. The van der Waals surface area contributed by atoms with Gasteiger partial charge in [-0.3, -0.25) is 0 Å². The average Bonchev–Trinajstić information content (AvgIpc) is 3.36. The maximum atomic E-state index is 13.2. The van der Waals surface area contributed by atoms with Crippen molar-refractivity contribution in [1.82, 2.24) is 19.8 Å². The number of aryl methyl sites for hydroxylation is 1. The third kappa shape index (κ3) is 3.61. The molecule has 0 aliphatic carbocycles. The number of anilines is 2. The standard InChI is InChI=1S/C20H23F3N6O/c1-12-13(2)18-25-26-19(20(21,22)23)29(18)27-17(12)24-10-14-8-9-28(11-14)15-6-4-5-7-16(15)30-3/h4-7,14H,8-11H2,1-3H3,(H,24,27). The van der Waals surface area contributed by atoms with Gasteiger partial charge in [-0.05, 0) is 43.9 Å². The van der Waals surface area contributed by atoms with Crippen LogP contribution in [-0.4, -0.2) is 46.6 Å². The lowest BCUT2D eigenvalue weighted by molar-refractivity contribution is -0.146. The number of alkyl halides is 3. The van der Waals surface area contributed by atoms with Crippen molar-refractivity contribution in [2.24, 2.45) is 5.92 Å². The van der Waals surface area contributed by atoms with Gasteiger partial charge in [0.1, 0.15) is 11.6 Å². The molecule has 1 fully saturated rings. The maximum Gasteiger partial charge on any atom is 0.453 e. The van der Waals surface area contributed by atoms with Gasteiger partial charge in [0.15, 0.2) is 5.65 Å². The monoisotopic (exact) mass is 420 g/mol. The number of halogens is 3. The van der Waals surface area contributed by atoms with Gasteiger partial charge in [0.2, 0.25) is 0 Å². The second-order valence-corrected chi connectivity index (χ2v) is 7.51. The van der Waals surface area contributed by atoms with Crippen LogP contribution in [0.2, 0.25) is 0 Å². The lowest BCUT2D eigenvalue weighted by Crippen LogP contribution is -2.23. The first-order chi connectivity index (χ1) is 14.3. The minimum absolute atomic E-state index is 0.119. The first kappa shape index (κ1) is 20.2. The van der Waals surface area contributed by atoms with Crippen molar-refractivity contribution in [2.45, 2.75) is 26.4 Å². The SMILES string of the molecule is COc1ccccc1N1CCC(CNc2nn3c(C(F)(F)F)nnc3c(C)c2C)C1. The zero-order valence-corrected chi connectivity index (χ0v) is 17.0. The average molecular weight is 420 g/mol. The van der Waals surface area contributed by atoms with Gasteiger partial charge in [-0.25, -0.2) is 0 Å². The van der Waals surface area contributed by atoms with Crippen LogP contribution in [0.5, 0.6) is 5.75 Å². The molecular formula is C20H23F3N6O. The maximum absolute atomic E-state index is 13.2. The number of fused-ring (bicyclic) bond motifs is 1. The number of ether oxygens (including phenoxy) is 1. The summed E-state index contributed by atoms with van der Waals surface area (Å²) in [5, 5.41) is 14.4. The molecule has 160 valence electrons. The van der Waals surface area contributed by atoms with Crippen molar-refractivity contribution in [3.05, 3.63) is 41.2 Å². The molecule has 1 atom stereocenters. The van der Waals surface area contributed by atoms with E-state index >= 15 is 0 Å². The van der Waals surface area contributed by atoms with Gasteiger partial charge in [0.25, 0.3) is 5.82 Å². The third-order valence-corrected chi connectivity index (χ3v) is 5.62. The van der Waals surface area contributed by atoms with E-state index < -0.39 is 12.0 Å². The normalized spacial score (nSPS) is 17.0. The number of hydrogen-bond donors (Lipinski definition) is 1. The van der Waals surface area contributed by atoms with Gasteiger partial charge < -0.3 is 15.0 Å². The summed E-state index contributed by atoms with van der Waals surface area (Å²) in [7, 11) is 1.65. The fourth-order valence-electron chi connectivity index (χ4n) is 3.82. The third-order valence-electron chi connectivity index (χ3n) is 5.62. The molecule has 1 aliphatic heterocycles. The molecule has 30 heavy (non-hydrogen) atoms. The molecular weight excluding hydrogens is 397 g/mol. The van der Waals surface area contributed by atoms with Crippen LogP contribution in [0, 0.1) is 19.8 Å². The van der Waals surface area contributed by atoms with Gasteiger partial charge in [-0.15, -0.1) is 15.3 Å². The Balaban J connectivity index is 1.51. The highest BCUT2D eigenvalue weighted by molar-refractivity contribution is 5.60. The molecule has 0 bridgehead atoms. The molecule has 0 amide bonds. The van der Waals surface area contributed by atoms with Crippen LogP contribution < -0.4 is 15.0 Å². The molecule has 10 heteroatoms. The Bertz CT molecular complexity index is 1060. The number of aromatic nitrogens is 4. The fourth-order valence-corrected chi connectivity index (χ4v) is 3.82.